The molecule has 0 spiro atoms. The molecule has 0 saturated heterocycles. The van der Waals surface area contributed by atoms with Crippen LogP contribution < -0.4 is 5.32 Å². The zero-order chi connectivity index (χ0) is 13.8. The van der Waals surface area contributed by atoms with Gasteiger partial charge in [-0.2, -0.15) is 0 Å². The van der Waals surface area contributed by atoms with E-state index in [0.29, 0.717) is 6.10 Å². The maximum atomic E-state index is 6.30. The number of ether oxygens (including phenoxy) is 1. The van der Waals surface area contributed by atoms with Gasteiger partial charge in [-0.3, -0.25) is 0 Å². The van der Waals surface area contributed by atoms with Gasteiger partial charge in [0, 0.05) is 12.0 Å². The highest BCUT2D eigenvalue weighted by Crippen LogP contribution is 2.36. The third-order valence-corrected chi connectivity index (χ3v) is 4.30. The summed E-state index contributed by atoms with van der Waals surface area (Å²) in [6.45, 7) is 13.5. The summed E-state index contributed by atoms with van der Waals surface area (Å²) in [5.74, 6) is 2.33. The fraction of sp³-hybridized carbons (Fsp3) is 1.00. The third kappa shape index (κ3) is 4.89. The number of hydrogen-bond acceptors (Lipinski definition) is 2. The molecule has 0 heterocycles. The van der Waals surface area contributed by atoms with Crippen LogP contribution in [0.4, 0.5) is 0 Å². The maximum absolute atomic E-state index is 6.30. The highest BCUT2D eigenvalue weighted by Gasteiger charge is 2.32. The van der Waals surface area contributed by atoms with Crippen LogP contribution in [-0.2, 0) is 4.74 Å². The van der Waals surface area contributed by atoms with Gasteiger partial charge in [-0.05, 0) is 37.6 Å². The Morgan fingerprint density at radius 2 is 1.94 bits per heavy atom. The van der Waals surface area contributed by atoms with Gasteiger partial charge in [-0.25, -0.2) is 0 Å². The summed E-state index contributed by atoms with van der Waals surface area (Å²) in [5, 5.41) is 3.26. The van der Waals surface area contributed by atoms with E-state index >= 15 is 0 Å². The van der Waals surface area contributed by atoms with Gasteiger partial charge in [0.05, 0.1) is 12.7 Å². The molecule has 3 unspecified atom stereocenters. The van der Waals surface area contributed by atoms with Crippen LogP contribution in [-0.4, -0.2) is 26.3 Å². The van der Waals surface area contributed by atoms with Crippen molar-refractivity contribution >= 4 is 0 Å². The molecule has 1 aliphatic carbocycles. The van der Waals surface area contributed by atoms with E-state index in [9.17, 15) is 0 Å². The Labute approximate surface area is 114 Å². The smallest absolute Gasteiger partial charge is 0.0608 e. The highest BCUT2D eigenvalue weighted by molar-refractivity contribution is 4.82. The molecule has 0 bridgehead atoms. The van der Waals surface area contributed by atoms with Crippen molar-refractivity contribution in [2.75, 3.05) is 20.2 Å². The van der Waals surface area contributed by atoms with Gasteiger partial charge in [0.2, 0.25) is 0 Å². The minimum absolute atomic E-state index is 0.233. The Balaban J connectivity index is 2.50. The van der Waals surface area contributed by atoms with Crippen LogP contribution in [0.15, 0.2) is 0 Å². The molecule has 3 atom stereocenters. The Kier molecular flexibility index (Phi) is 6.13. The molecule has 0 amide bonds. The van der Waals surface area contributed by atoms with Crippen molar-refractivity contribution in [3.8, 4) is 0 Å². The highest BCUT2D eigenvalue weighted by atomic mass is 16.5. The predicted octanol–water partition coefficient (Wildman–Crippen LogP) is 3.71. The number of rotatable bonds is 6. The molecular formula is C16H33NO. The maximum Gasteiger partial charge on any atom is 0.0608 e. The molecule has 18 heavy (non-hydrogen) atoms. The molecule has 0 aliphatic heterocycles. The second kappa shape index (κ2) is 6.91. The molecule has 1 saturated carbocycles. The average Bonchev–Trinajstić information content (AvgIpc) is 2.26. The van der Waals surface area contributed by atoms with E-state index in [-0.39, 0.29) is 5.41 Å². The molecule has 0 aromatic carbocycles. The Morgan fingerprint density at radius 1 is 1.28 bits per heavy atom. The molecule has 1 fully saturated rings. The van der Waals surface area contributed by atoms with Crippen LogP contribution in [0.2, 0.25) is 0 Å². The van der Waals surface area contributed by atoms with E-state index in [1.807, 2.05) is 7.05 Å². The van der Waals surface area contributed by atoms with Crippen molar-refractivity contribution in [2.45, 2.75) is 60.0 Å². The minimum Gasteiger partial charge on any atom is -0.377 e. The molecule has 0 radical (unpaired) electrons. The summed E-state index contributed by atoms with van der Waals surface area (Å²) in [7, 11) is 2.02. The fourth-order valence-electron chi connectivity index (χ4n) is 3.17. The summed E-state index contributed by atoms with van der Waals surface area (Å²) in [6, 6.07) is 0. The second-order valence-corrected chi connectivity index (χ2v) is 7.37. The van der Waals surface area contributed by atoms with Crippen LogP contribution in [0.1, 0.15) is 53.9 Å². The average molecular weight is 255 g/mol. The standard InChI is InChI=1S/C16H33NO/c1-12(2)14-8-7-13(3)9-15(14)18-11-16(4,5)10-17-6/h12-15,17H,7-11H2,1-6H3. The molecule has 2 nitrogen and oxygen atoms in total. The fourth-order valence-corrected chi connectivity index (χ4v) is 3.17. The predicted molar refractivity (Wildman–Crippen MR) is 78.8 cm³/mol. The summed E-state index contributed by atoms with van der Waals surface area (Å²) in [5.41, 5.74) is 0.233. The van der Waals surface area contributed by atoms with Crippen LogP contribution in [0.25, 0.3) is 0 Å². The summed E-state index contributed by atoms with van der Waals surface area (Å²) in [6.07, 6.45) is 4.45. The first-order chi connectivity index (χ1) is 8.35. The largest absolute Gasteiger partial charge is 0.377 e. The van der Waals surface area contributed by atoms with E-state index in [1.165, 1.54) is 19.3 Å². The molecule has 0 aromatic rings. The van der Waals surface area contributed by atoms with Crippen LogP contribution >= 0.6 is 0 Å². The number of nitrogens with one attached hydrogen (secondary N) is 1. The summed E-state index contributed by atoms with van der Waals surface area (Å²) >= 11 is 0. The molecular weight excluding hydrogens is 222 g/mol. The molecule has 108 valence electrons. The quantitative estimate of drug-likeness (QED) is 0.781. The zero-order valence-electron chi connectivity index (χ0n) is 13.3. The monoisotopic (exact) mass is 255 g/mol. The van der Waals surface area contributed by atoms with Crippen molar-refractivity contribution in [3.63, 3.8) is 0 Å². The van der Waals surface area contributed by atoms with Gasteiger partial charge in [0.1, 0.15) is 0 Å². The van der Waals surface area contributed by atoms with Crippen molar-refractivity contribution in [3.05, 3.63) is 0 Å². The second-order valence-electron chi connectivity index (χ2n) is 7.37. The van der Waals surface area contributed by atoms with Crippen molar-refractivity contribution < 1.29 is 4.74 Å². The van der Waals surface area contributed by atoms with Gasteiger partial charge >= 0.3 is 0 Å². The van der Waals surface area contributed by atoms with E-state index in [0.717, 1.165) is 30.9 Å². The molecule has 0 aromatic heterocycles. The molecule has 1 N–H and O–H groups in total. The van der Waals surface area contributed by atoms with Gasteiger partial charge in [0.15, 0.2) is 0 Å². The van der Waals surface area contributed by atoms with Gasteiger partial charge in [0.25, 0.3) is 0 Å². The third-order valence-electron chi connectivity index (χ3n) is 4.30. The Hall–Kier alpha value is -0.0800. The van der Waals surface area contributed by atoms with Crippen molar-refractivity contribution in [1.29, 1.82) is 0 Å². The Bertz CT molecular complexity index is 237. The Morgan fingerprint density at radius 3 is 2.50 bits per heavy atom. The van der Waals surface area contributed by atoms with E-state index in [1.54, 1.807) is 0 Å². The first-order valence-corrected chi connectivity index (χ1v) is 7.62. The SMILES string of the molecule is CNCC(C)(C)COC1CC(C)CCC1C(C)C. The zero-order valence-corrected chi connectivity index (χ0v) is 13.3. The summed E-state index contributed by atoms with van der Waals surface area (Å²) in [4.78, 5) is 0. The van der Waals surface area contributed by atoms with E-state index < -0.39 is 0 Å². The first kappa shape index (κ1) is 16.0. The molecule has 2 heteroatoms. The van der Waals surface area contributed by atoms with Crippen LogP contribution in [0.3, 0.4) is 0 Å². The topological polar surface area (TPSA) is 21.3 Å². The van der Waals surface area contributed by atoms with Gasteiger partial charge < -0.3 is 10.1 Å². The first-order valence-electron chi connectivity index (χ1n) is 7.62. The van der Waals surface area contributed by atoms with E-state index in [4.69, 9.17) is 4.74 Å². The number of hydrogen-bond donors (Lipinski definition) is 1. The molecule has 1 rings (SSSR count). The van der Waals surface area contributed by atoms with Crippen molar-refractivity contribution in [2.24, 2.45) is 23.2 Å². The van der Waals surface area contributed by atoms with E-state index in [2.05, 4.69) is 39.9 Å². The van der Waals surface area contributed by atoms with Crippen LogP contribution in [0, 0.1) is 23.2 Å². The lowest BCUT2D eigenvalue weighted by molar-refractivity contribution is -0.0652. The van der Waals surface area contributed by atoms with Crippen LogP contribution in [0.5, 0.6) is 0 Å². The lowest BCUT2D eigenvalue weighted by Gasteiger charge is -2.39. The molecule has 1 aliphatic rings. The minimum atomic E-state index is 0.233. The van der Waals surface area contributed by atoms with Gasteiger partial charge in [-0.1, -0.05) is 41.0 Å². The normalized spacial score (nSPS) is 29.8. The van der Waals surface area contributed by atoms with Crippen molar-refractivity contribution in [1.82, 2.24) is 5.32 Å². The van der Waals surface area contributed by atoms with Gasteiger partial charge in [-0.15, -0.1) is 0 Å². The lowest BCUT2D eigenvalue weighted by Crippen LogP contribution is -2.38. The lowest BCUT2D eigenvalue weighted by atomic mass is 9.75. The summed E-state index contributed by atoms with van der Waals surface area (Å²) < 4.78 is 6.30.